The Balaban J connectivity index is 1.33. The summed E-state index contributed by atoms with van der Waals surface area (Å²) < 4.78 is 12.8. The zero-order valence-corrected chi connectivity index (χ0v) is 17.0. The van der Waals surface area contributed by atoms with Gasteiger partial charge in [0.15, 0.2) is 16.6 Å². The summed E-state index contributed by atoms with van der Waals surface area (Å²) >= 11 is 0. The molecule has 3 N–H and O–H groups in total. The summed E-state index contributed by atoms with van der Waals surface area (Å²) in [6.07, 6.45) is 2.49. The molecule has 2 aliphatic rings. The first-order valence-electron chi connectivity index (χ1n) is 9.47. The summed E-state index contributed by atoms with van der Waals surface area (Å²) in [5, 5.41) is 32.1. The maximum absolute atomic E-state index is 12.8. The first kappa shape index (κ1) is 20.0. The number of rotatable bonds is 5. The smallest absolute Gasteiger partial charge is 0.335 e. The first-order valence-corrected chi connectivity index (χ1v) is 10.6. The Bertz CT molecular complexity index is 1030. The molecule has 0 saturated carbocycles. The molecule has 3 heterocycles. The van der Waals surface area contributed by atoms with Crippen LogP contribution in [0.25, 0.3) is 0 Å². The molecular formula is C19H21N7O3S. The van der Waals surface area contributed by atoms with Crippen LogP contribution in [-0.4, -0.2) is 54.9 Å². The Morgan fingerprint density at radius 3 is 2.87 bits per heavy atom. The van der Waals surface area contributed by atoms with Crippen molar-refractivity contribution in [3.8, 4) is 0 Å². The van der Waals surface area contributed by atoms with E-state index in [-0.39, 0.29) is 22.8 Å². The van der Waals surface area contributed by atoms with E-state index in [1.54, 1.807) is 18.3 Å². The van der Waals surface area contributed by atoms with E-state index in [1.807, 2.05) is 25.1 Å². The molecule has 1 fully saturated rings. The highest BCUT2D eigenvalue weighted by atomic mass is 32.2. The van der Waals surface area contributed by atoms with Gasteiger partial charge in [0.1, 0.15) is 0 Å². The lowest BCUT2D eigenvalue weighted by Gasteiger charge is -2.18. The molecule has 0 amide bonds. The summed E-state index contributed by atoms with van der Waals surface area (Å²) in [5.41, 5.74) is 0.953. The van der Waals surface area contributed by atoms with Crippen LogP contribution in [0, 0.1) is 0 Å². The molecule has 2 aliphatic heterocycles. The third kappa shape index (κ3) is 4.30. The number of benzene rings is 1. The topological polar surface area (TPSA) is 132 Å². The standard InChI is InChI=1S/C19H21N7O3S/c1-12(13-4-2-5-14(10-13)17(27)28)21-18-24-25-19(30(18)29)22-15-7-9-26(11-15)16-6-3-8-20-23-16/h2-6,8,10,12,15H,7,9,11H2,1H3,(H,21,24)(H,22,25)(H,27,28)/t12-,15-,30?/m1/s1. The molecule has 10 nitrogen and oxygen atoms in total. The van der Waals surface area contributed by atoms with Gasteiger partial charge < -0.3 is 20.6 Å². The highest BCUT2D eigenvalue weighted by molar-refractivity contribution is 8.14. The predicted octanol–water partition coefficient (Wildman–Crippen LogP) is 1.08. The predicted molar refractivity (Wildman–Crippen MR) is 114 cm³/mol. The van der Waals surface area contributed by atoms with Crippen LogP contribution in [0.4, 0.5) is 5.82 Å². The van der Waals surface area contributed by atoms with E-state index in [2.05, 4.69) is 35.9 Å². The Kier molecular flexibility index (Phi) is 5.70. The number of aromatic carboxylic acids is 1. The van der Waals surface area contributed by atoms with Crippen molar-refractivity contribution in [3.63, 3.8) is 0 Å². The van der Waals surface area contributed by atoms with Crippen LogP contribution in [-0.2, 0) is 10.8 Å². The molecule has 156 valence electrons. The minimum atomic E-state index is -1.54. The SMILES string of the molecule is C[C@@H](NC1=NN=C(N[C@@H]2CCN(c3cccnn3)C2)S1=O)c1cccc(C(=O)O)c1. The van der Waals surface area contributed by atoms with Gasteiger partial charge in [0.05, 0.1) is 11.6 Å². The van der Waals surface area contributed by atoms with Crippen LogP contribution >= 0.6 is 0 Å². The second-order valence-electron chi connectivity index (χ2n) is 7.03. The molecule has 0 aliphatic carbocycles. The Hall–Kier alpha value is -3.34. The maximum atomic E-state index is 12.8. The number of hydrogen-bond acceptors (Lipinski definition) is 9. The van der Waals surface area contributed by atoms with Gasteiger partial charge in [0, 0.05) is 25.3 Å². The van der Waals surface area contributed by atoms with Gasteiger partial charge in [-0.05, 0) is 43.2 Å². The van der Waals surface area contributed by atoms with Gasteiger partial charge in [-0.3, -0.25) is 0 Å². The number of carboxylic acid groups (broad SMARTS) is 1. The highest BCUT2D eigenvalue weighted by Crippen LogP contribution is 2.18. The third-order valence-electron chi connectivity index (χ3n) is 4.95. The van der Waals surface area contributed by atoms with Gasteiger partial charge >= 0.3 is 5.97 Å². The quantitative estimate of drug-likeness (QED) is 0.646. The summed E-state index contributed by atoms with van der Waals surface area (Å²) in [5.74, 6) is -0.181. The van der Waals surface area contributed by atoms with Gasteiger partial charge in [-0.2, -0.15) is 5.10 Å². The third-order valence-corrected chi connectivity index (χ3v) is 6.06. The number of carboxylic acids is 1. The number of aromatic nitrogens is 2. The monoisotopic (exact) mass is 427 g/mol. The normalized spacial score (nSPS) is 21.7. The van der Waals surface area contributed by atoms with Gasteiger partial charge in [-0.15, -0.1) is 15.3 Å². The molecule has 2 aromatic rings. The number of anilines is 1. The fraction of sp³-hybridized carbons (Fsp3) is 0.316. The van der Waals surface area contributed by atoms with E-state index >= 15 is 0 Å². The molecule has 30 heavy (non-hydrogen) atoms. The molecule has 3 atom stereocenters. The lowest BCUT2D eigenvalue weighted by Crippen LogP contribution is -2.41. The zero-order valence-electron chi connectivity index (χ0n) is 16.2. The number of carbonyl (C=O) groups is 1. The fourth-order valence-corrected chi connectivity index (χ4v) is 4.32. The largest absolute Gasteiger partial charge is 0.478 e. The summed E-state index contributed by atoms with van der Waals surface area (Å²) in [6.45, 7) is 3.37. The van der Waals surface area contributed by atoms with Crippen LogP contribution in [0.1, 0.15) is 35.3 Å². The number of nitrogens with one attached hydrogen (secondary N) is 2. The van der Waals surface area contributed by atoms with Gasteiger partial charge in [0.2, 0.25) is 10.3 Å². The molecule has 1 saturated heterocycles. The summed E-state index contributed by atoms with van der Waals surface area (Å²) in [4.78, 5) is 13.3. The molecule has 1 unspecified atom stereocenters. The molecule has 1 aromatic carbocycles. The lowest BCUT2D eigenvalue weighted by atomic mass is 10.1. The Morgan fingerprint density at radius 2 is 2.10 bits per heavy atom. The molecule has 0 spiro atoms. The minimum Gasteiger partial charge on any atom is -0.478 e. The number of hydrogen-bond donors (Lipinski definition) is 3. The Morgan fingerprint density at radius 1 is 1.27 bits per heavy atom. The second kappa shape index (κ2) is 8.57. The van der Waals surface area contributed by atoms with Crippen molar-refractivity contribution >= 4 is 32.9 Å². The Labute approximate surface area is 175 Å². The van der Waals surface area contributed by atoms with Gasteiger partial charge in [-0.1, -0.05) is 12.1 Å². The van der Waals surface area contributed by atoms with Crippen LogP contribution in [0.15, 0.2) is 52.8 Å². The summed E-state index contributed by atoms with van der Waals surface area (Å²) in [7, 11) is -1.54. The lowest BCUT2D eigenvalue weighted by molar-refractivity contribution is 0.0696. The molecule has 0 bridgehead atoms. The van der Waals surface area contributed by atoms with Crippen molar-refractivity contribution in [2.45, 2.75) is 25.4 Å². The second-order valence-corrected chi connectivity index (χ2v) is 8.34. The van der Waals surface area contributed by atoms with E-state index in [0.29, 0.717) is 11.7 Å². The van der Waals surface area contributed by atoms with Gasteiger partial charge in [0.25, 0.3) is 0 Å². The van der Waals surface area contributed by atoms with Crippen molar-refractivity contribution in [1.29, 1.82) is 0 Å². The van der Waals surface area contributed by atoms with Crippen molar-refractivity contribution < 1.29 is 14.1 Å². The number of amidine groups is 2. The molecule has 0 radical (unpaired) electrons. The average molecular weight is 427 g/mol. The van der Waals surface area contributed by atoms with Crippen LogP contribution in [0.5, 0.6) is 0 Å². The van der Waals surface area contributed by atoms with E-state index in [0.717, 1.165) is 24.3 Å². The van der Waals surface area contributed by atoms with Crippen molar-refractivity contribution in [1.82, 2.24) is 20.8 Å². The molecule has 1 aromatic heterocycles. The van der Waals surface area contributed by atoms with E-state index in [4.69, 9.17) is 5.11 Å². The van der Waals surface area contributed by atoms with E-state index in [1.165, 1.54) is 6.07 Å². The molecular weight excluding hydrogens is 406 g/mol. The minimum absolute atomic E-state index is 0.0777. The molecule has 4 rings (SSSR count). The summed E-state index contributed by atoms with van der Waals surface area (Å²) in [6, 6.07) is 10.1. The van der Waals surface area contributed by atoms with Crippen molar-refractivity contribution in [2.24, 2.45) is 10.2 Å². The maximum Gasteiger partial charge on any atom is 0.335 e. The zero-order chi connectivity index (χ0) is 21.1. The van der Waals surface area contributed by atoms with E-state index < -0.39 is 16.8 Å². The van der Waals surface area contributed by atoms with Crippen LogP contribution in [0.3, 0.4) is 0 Å². The average Bonchev–Trinajstić information content (AvgIpc) is 3.37. The van der Waals surface area contributed by atoms with Crippen LogP contribution in [0.2, 0.25) is 0 Å². The molecule has 11 heteroatoms. The van der Waals surface area contributed by atoms with Crippen molar-refractivity contribution in [3.05, 3.63) is 53.7 Å². The van der Waals surface area contributed by atoms with E-state index in [9.17, 15) is 9.00 Å². The van der Waals surface area contributed by atoms with Crippen molar-refractivity contribution in [2.75, 3.05) is 18.0 Å². The fourth-order valence-electron chi connectivity index (χ4n) is 3.35. The number of nitrogens with zero attached hydrogens (tertiary/aromatic N) is 5. The van der Waals surface area contributed by atoms with Crippen LogP contribution < -0.4 is 15.5 Å². The van der Waals surface area contributed by atoms with Gasteiger partial charge in [-0.25, -0.2) is 9.00 Å². The first-order chi connectivity index (χ1) is 14.5. The highest BCUT2D eigenvalue weighted by Gasteiger charge is 2.30.